The van der Waals surface area contributed by atoms with Gasteiger partial charge in [-0.25, -0.2) is 0 Å². The summed E-state index contributed by atoms with van der Waals surface area (Å²) in [4.78, 5) is 14.6. The Morgan fingerprint density at radius 1 is 1.22 bits per heavy atom. The molecule has 0 bridgehead atoms. The van der Waals surface area contributed by atoms with Crippen LogP contribution in [-0.4, -0.2) is 50.2 Å². The molecule has 4 nitrogen and oxygen atoms in total. The molecule has 0 aromatic rings. The molecule has 3 fully saturated rings. The molecule has 3 rings (SSSR count). The van der Waals surface area contributed by atoms with Crippen molar-refractivity contribution >= 4 is 18.3 Å². The molecule has 2 aliphatic heterocycles. The average molecular weight is 275 g/mol. The third-order valence-electron chi connectivity index (χ3n) is 5.07. The van der Waals surface area contributed by atoms with Gasteiger partial charge in [0.05, 0.1) is 18.6 Å². The number of morpholine rings is 1. The Morgan fingerprint density at radius 3 is 2.44 bits per heavy atom. The zero-order valence-corrected chi connectivity index (χ0v) is 11.9. The third kappa shape index (κ3) is 2.04. The number of hydrogen-bond acceptors (Lipinski definition) is 3. The van der Waals surface area contributed by atoms with Gasteiger partial charge in [-0.05, 0) is 37.8 Å². The number of ether oxygens (including phenoxy) is 1. The zero-order chi connectivity index (χ0) is 11.9. The summed E-state index contributed by atoms with van der Waals surface area (Å²) in [5.74, 6) is 0.378. The zero-order valence-electron chi connectivity index (χ0n) is 11.0. The summed E-state index contributed by atoms with van der Waals surface area (Å²) in [6.07, 6.45) is 3.43. The molecule has 3 aliphatic rings. The van der Waals surface area contributed by atoms with Gasteiger partial charge < -0.3 is 15.0 Å². The van der Waals surface area contributed by atoms with E-state index >= 15 is 0 Å². The largest absolute Gasteiger partial charge is 0.378 e. The molecule has 1 aliphatic carbocycles. The summed E-state index contributed by atoms with van der Waals surface area (Å²) in [6.45, 7) is 7.30. The standard InChI is InChI=1S/C13H22N2O2.ClH/c1-12(10-13(12)2-4-14-5-3-13)11(16)15-6-8-17-9-7-15;/h14H,2-10H2,1H3;1H. The van der Waals surface area contributed by atoms with E-state index in [1.807, 2.05) is 4.90 Å². The van der Waals surface area contributed by atoms with Crippen LogP contribution >= 0.6 is 12.4 Å². The number of hydrogen-bond donors (Lipinski definition) is 1. The van der Waals surface area contributed by atoms with Gasteiger partial charge in [0.1, 0.15) is 0 Å². The van der Waals surface area contributed by atoms with Gasteiger partial charge in [0.25, 0.3) is 0 Å². The minimum Gasteiger partial charge on any atom is -0.378 e. The summed E-state index contributed by atoms with van der Waals surface area (Å²) in [7, 11) is 0. The van der Waals surface area contributed by atoms with E-state index in [4.69, 9.17) is 4.74 Å². The molecular formula is C13H23ClN2O2. The molecule has 2 saturated heterocycles. The highest BCUT2D eigenvalue weighted by atomic mass is 35.5. The SMILES string of the molecule is CC1(C(=O)N2CCOCC2)CC12CCNCC2.Cl. The minimum atomic E-state index is -0.0769. The Bertz CT molecular complexity index is 325. The summed E-state index contributed by atoms with van der Waals surface area (Å²) in [6, 6.07) is 0. The number of rotatable bonds is 1. The predicted molar refractivity (Wildman–Crippen MR) is 71.9 cm³/mol. The topological polar surface area (TPSA) is 41.6 Å². The molecule has 18 heavy (non-hydrogen) atoms. The molecule has 1 unspecified atom stereocenters. The van der Waals surface area contributed by atoms with Crippen LogP contribution in [0.15, 0.2) is 0 Å². The maximum atomic E-state index is 12.6. The van der Waals surface area contributed by atoms with Crippen molar-refractivity contribution in [2.24, 2.45) is 10.8 Å². The van der Waals surface area contributed by atoms with E-state index in [1.165, 1.54) is 12.8 Å². The predicted octanol–water partition coefficient (Wildman–Crippen LogP) is 1.05. The van der Waals surface area contributed by atoms with Crippen LogP contribution in [-0.2, 0) is 9.53 Å². The van der Waals surface area contributed by atoms with E-state index in [1.54, 1.807) is 0 Å². The molecule has 1 saturated carbocycles. The first-order chi connectivity index (χ1) is 8.18. The molecule has 104 valence electrons. The quantitative estimate of drug-likeness (QED) is 0.777. The number of amides is 1. The molecule has 1 amide bonds. The van der Waals surface area contributed by atoms with Crippen LogP contribution in [0.5, 0.6) is 0 Å². The second-order valence-corrected chi connectivity index (χ2v) is 5.94. The smallest absolute Gasteiger partial charge is 0.229 e. The molecule has 0 radical (unpaired) electrons. The van der Waals surface area contributed by atoms with Crippen LogP contribution in [0.3, 0.4) is 0 Å². The number of piperidine rings is 1. The van der Waals surface area contributed by atoms with Crippen LogP contribution in [0.1, 0.15) is 26.2 Å². The van der Waals surface area contributed by atoms with Gasteiger partial charge in [-0.1, -0.05) is 6.92 Å². The lowest BCUT2D eigenvalue weighted by atomic mass is 9.85. The Kier molecular flexibility index (Phi) is 3.90. The van der Waals surface area contributed by atoms with Gasteiger partial charge in [0, 0.05) is 13.1 Å². The normalized spacial score (nSPS) is 33.9. The fourth-order valence-electron chi connectivity index (χ4n) is 3.68. The first-order valence-corrected chi connectivity index (χ1v) is 6.76. The second kappa shape index (κ2) is 4.99. The highest BCUT2D eigenvalue weighted by Gasteiger charge is 2.68. The fourth-order valence-corrected chi connectivity index (χ4v) is 3.68. The monoisotopic (exact) mass is 274 g/mol. The maximum Gasteiger partial charge on any atom is 0.229 e. The Balaban J connectivity index is 0.00000120. The summed E-state index contributed by atoms with van der Waals surface area (Å²) in [5, 5.41) is 3.39. The fraction of sp³-hybridized carbons (Fsp3) is 0.923. The summed E-state index contributed by atoms with van der Waals surface area (Å²) < 4.78 is 5.32. The van der Waals surface area contributed by atoms with E-state index < -0.39 is 0 Å². The molecule has 5 heteroatoms. The molecular weight excluding hydrogens is 252 g/mol. The molecule has 1 N–H and O–H groups in total. The number of nitrogens with one attached hydrogen (secondary N) is 1. The van der Waals surface area contributed by atoms with Crippen molar-refractivity contribution in [1.82, 2.24) is 10.2 Å². The first-order valence-electron chi connectivity index (χ1n) is 6.76. The van der Waals surface area contributed by atoms with E-state index in [9.17, 15) is 4.79 Å². The third-order valence-corrected chi connectivity index (χ3v) is 5.07. The van der Waals surface area contributed by atoms with Crippen molar-refractivity contribution in [3.05, 3.63) is 0 Å². The molecule has 1 spiro atoms. The Labute approximate surface area is 115 Å². The second-order valence-electron chi connectivity index (χ2n) is 5.94. The first kappa shape index (κ1) is 14.1. The number of carbonyl (C=O) groups excluding carboxylic acids is 1. The average Bonchev–Trinajstić information content (AvgIpc) is 2.95. The van der Waals surface area contributed by atoms with Crippen molar-refractivity contribution in [3.63, 3.8) is 0 Å². The summed E-state index contributed by atoms with van der Waals surface area (Å²) in [5.41, 5.74) is 0.236. The van der Waals surface area contributed by atoms with Crippen LogP contribution in [0.25, 0.3) is 0 Å². The van der Waals surface area contributed by atoms with Crippen molar-refractivity contribution < 1.29 is 9.53 Å². The molecule has 0 aromatic carbocycles. The van der Waals surface area contributed by atoms with E-state index in [0.717, 1.165) is 32.6 Å². The van der Waals surface area contributed by atoms with Crippen molar-refractivity contribution in [2.75, 3.05) is 39.4 Å². The number of nitrogens with zero attached hydrogens (tertiary/aromatic N) is 1. The highest BCUT2D eigenvalue weighted by Crippen LogP contribution is 2.68. The van der Waals surface area contributed by atoms with Gasteiger partial charge in [0.15, 0.2) is 0 Å². The van der Waals surface area contributed by atoms with Gasteiger partial charge in [-0.15, -0.1) is 12.4 Å². The van der Waals surface area contributed by atoms with Crippen molar-refractivity contribution in [3.8, 4) is 0 Å². The maximum absolute atomic E-state index is 12.6. The van der Waals surface area contributed by atoms with Crippen LogP contribution in [0, 0.1) is 10.8 Å². The van der Waals surface area contributed by atoms with E-state index in [2.05, 4.69) is 12.2 Å². The number of halogens is 1. The van der Waals surface area contributed by atoms with Gasteiger partial charge in [0.2, 0.25) is 5.91 Å². The lowest BCUT2D eigenvalue weighted by Crippen LogP contribution is -2.46. The minimum absolute atomic E-state index is 0. The van der Waals surface area contributed by atoms with Crippen LogP contribution in [0.2, 0.25) is 0 Å². The van der Waals surface area contributed by atoms with Gasteiger partial charge >= 0.3 is 0 Å². The van der Waals surface area contributed by atoms with E-state index in [0.29, 0.717) is 24.5 Å². The van der Waals surface area contributed by atoms with E-state index in [-0.39, 0.29) is 17.8 Å². The molecule has 0 aromatic heterocycles. The van der Waals surface area contributed by atoms with Gasteiger partial charge in [-0.3, -0.25) is 4.79 Å². The Morgan fingerprint density at radius 2 is 1.83 bits per heavy atom. The molecule has 1 atom stereocenters. The lowest BCUT2D eigenvalue weighted by Gasteiger charge is -2.33. The lowest BCUT2D eigenvalue weighted by molar-refractivity contribution is -0.142. The summed E-state index contributed by atoms with van der Waals surface area (Å²) >= 11 is 0. The van der Waals surface area contributed by atoms with Gasteiger partial charge in [-0.2, -0.15) is 0 Å². The van der Waals surface area contributed by atoms with Crippen LogP contribution in [0.4, 0.5) is 0 Å². The Hall–Kier alpha value is -0.320. The number of carbonyl (C=O) groups is 1. The van der Waals surface area contributed by atoms with Crippen molar-refractivity contribution in [1.29, 1.82) is 0 Å². The van der Waals surface area contributed by atoms with Crippen LogP contribution < -0.4 is 5.32 Å². The highest BCUT2D eigenvalue weighted by molar-refractivity contribution is 5.87. The van der Waals surface area contributed by atoms with Crippen molar-refractivity contribution in [2.45, 2.75) is 26.2 Å². The molecule has 2 heterocycles.